The molecule has 5 rings (SSSR count). The van der Waals surface area contributed by atoms with Gasteiger partial charge in [0.25, 0.3) is 0 Å². The van der Waals surface area contributed by atoms with E-state index in [1.165, 1.54) is 24.1 Å². The minimum atomic E-state index is -1.14. The normalized spacial score (nSPS) is 14.4. The monoisotopic (exact) mass is 466 g/mol. The Morgan fingerprint density at radius 2 is 2.09 bits per heavy atom. The third-order valence-corrected chi connectivity index (χ3v) is 7.51. The molecule has 0 fully saturated rings. The molecule has 0 saturated heterocycles. The topological polar surface area (TPSA) is 83.6 Å². The molecule has 0 spiro atoms. The van der Waals surface area contributed by atoms with E-state index in [4.69, 9.17) is 10.1 Å². The second-order valence-electron chi connectivity index (χ2n) is 8.02. The van der Waals surface area contributed by atoms with E-state index in [0.29, 0.717) is 0 Å². The fourth-order valence-corrected chi connectivity index (χ4v) is 5.69. The first-order valence-electron chi connectivity index (χ1n) is 10.8. The van der Waals surface area contributed by atoms with E-state index in [2.05, 4.69) is 21.9 Å². The van der Waals surface area contributed by atoms with Crippen molar-refractivity contribution in [3.05, 3.63) is 53.1 Å². The van der Waals surface area contributed by atoms with Crippen LogP contribution in [0.2, 0.25) is 0 Å². The van der Waals surface area contributed by atoms with Gasteiger partial charge in [-0.25, -0.2) is 14.6 Å². The minimum absolute atomic E-state index is 0.764. The van der Waals surface area contributed by atoms with Gasteiger partial charge in [0.1, 0.15) is 17.8 Å². The van der Waals surface area contributed by atoms with Crippen molar-refractivity contribution in [2.24, 2.45) is 0 Å². The molecule has 1 N–H and O–H groups in total. The van der Waals surface area contributed by atoms with Crippen LogP contribution in [0.1, 0.15) is 36.7 Å². The predicted octanol–water partition coefficient (Wildman–Crippen LogP) is 4.88. The third-order valence-electron chi connectivity index (χ3n) is 5.81. The van der Waals surface area contributed by atoms with Crippen molar-refractivity contribution in [1.82, 2.24) is 24.3 Å². The van der Waals surface area contributed by atoms with Gasteiger partial charge in [-0.3, -0.25) is 0 Å². The zero-order valence-electron chi connectivity index (χ0n) is 18.5. The number of hydrogen-bond donors (Lipinski definition) is 1. The van der Waals surface area contributed by atoms with E-state index in [9.17, 15) is 4.55 Å². The van der Waals surface area contributed by atoms with E-state index in [1.807, 2.05) is 41.3 Å². The summed E-state index contributed by atoms with van der Waals surface area (Å²) in [4.78, 5) is 9.89. The Bertz CT molecular complexity index is 1260. The van der Waals surface area contributed by atoms with Crippen molar-refractivity contribution < 1.29 is 4.55 Å². The van der Waals surface area contributed by atoms with E-state index < -0.39 is 11.2 Å². The van der Waals surface area contributed by atoms with Crippen LogP contribution in [-0.4, -0.2) is 35.1 Å². The van der Waals surface area contributed by atoms with Crippen LogP contribution in [0, 0.1) is 6.92 Å². The number of nitrogens with one attached hydrogen (secondary N) is 1. The van der Waals surface area contributed by atoms with E-state index >= 15 is 0 Å². The lowest BCUT2D eigenvalue weighted by Gasteiger charge is -2.12. The maximum absolute atomic E-state index is 12.5. The van der Waals surface area contributed by atoms with Crippen molar-refractivity contribution >= 4 is 33.5 Å². The summed E-state index contributed by atoms with van der Waals surface area (Å²) in [6.07, 6.45) is 9.94. The van der Waals surface area contributed by atoms with E-state index in [-0.39, 0.29) is 0 Å². The molecule has 1 aliphatic carbocycles. The highest BCUT2D eigenvalue weighted by Crippen LogP contribution is 2.34. The summed E-state index contributed by atoms with van der Waals surface area (Å²) in [5.41, 5.74) is 6.17. The lowest BCUT2D eigenvalue weighted by atomic mass is 9.97. The van der Waals surface area contributed by atoms with Gasteiger partial charge in [-0.15, -0.1) is 11.3 Å². The molecule has 32 heavy (non-hydrogen) atoms. The average Bonchev–Trinajstić information content (AvgIpc) is 3.52. The van der Waals surface area contributed by atoms with Crippen molar-refractivity contribution in [2.75, 3.05) is 11.6 Å². The molecule has 0 aliphatic heterocycles. The second-order valence-corrected chi connectivity index (χ2v) is 10.2. The van der Waals surface area contributed by atoms with Crippen LogP contribution in [0.15, 0.2) is 41.0 Å². The minimum Gasteiger partial charge on any atom is -0.612 e. The molecule has 1 aliphatic rings. The number of rotatable bonds is 6. The highest BCUT2D eigenvalue weighted by Gasteiger charge is 2.21. The number of fused-ring (bicyclic) bond motifs is 1. The highest BCUT2D eigenvalue weighted by molar-refractivity contribution is 7.90. The summed E-state index contributed by atoms with van der Waals surface area (Å²) in [6, 6.07) is 5.98. The summed E-state index contributed by atoms with van der Waals surface area (Å²) in [5, 5.41) is 11.2. The zero-order chi connectivity index (χ0) is 22.2. The van der Waals surface area contributed by atoms with Crippen molar-refractivity contribution in [3.8, 4) is 16.9 Å². The average molecular weight is 467 g/mol. The number of imidazole rings is 1. The van der Waals surface area contributed by atoms with E-state index in [1.54, 1.807) is 23.9 Å². The Morgan fingerprint density at radius 1 is 1.25 bits per heavy atom. The molecule has 7 nitrogen and oxygen atoms in total. The molecule has 0 radical (unpaired) electrons. The Balaban J connectivity index is 1.45. The van der Waals surface area contributed by atoms with Gasteiger partial charge >= 0.3 is 0 Å². The summed E-state index contributed by atoms with van der Waals surface area (Å²) in [7, 11) is 0. The highest BCUT2D eigenvalue weighted by atomic mass is 32.2. The number of nitrogens with zero attached hydrogens (tertiary/aromatic N) is 5. The summed E-state index contributed by atoms with van der Waals surface area (Å²) < 4.78 is 16.5. The Morgan fingerprint density at radius 3 is 2.84 bits per heavy atom. The van der Waals surface area contributed by atoms with E-state index in [0.717, 1.165) is 57.9 Å². The first kappa shape index (κ1) is 21.2. The molecule has 0 amide bonds. The lowest BCUT2D eigenvalue weighted by molar-refractivity contribution is 0.600. The lowest BCUT2D eigenvalue weighted by Crippen LogP contribution is -2.05. The molecule has 3 heterocycles. The number of anilines is 2. The molecule has 1 unspecified atom stereocenters. The maximum Gasteiger partial charge on any atom is 0.188 e. The second kappa shape index (κ2) is 8.73. The molecule has 1 aromatic carbocycles. The number of benzene rings is 1. The molecule has 3 aromatic heterocycles. The molecule has 4 aromatic rings. The number of hydrogen-bond acceptors (Lipinski definition) is 6. The van der Waals surface area contributed by atoms with Gasteiger partial charge in [-0.1, -0.05) is 6.07 Å². The first-order valence-corrected chi connectivity index (χ1v) is 13.3. The molecule has 9 heteroatoms. The first-order chi connectivity index (χ1) is 15.5. The summed E-state index contributed by atoms with van der Waals surface area (Å²) >= 11 is 0.435. The van der Waals surface area contributed by atoms with Crippen molar-refractivity contribution in [1.29, 1.82) is 0 Å². The largest absolute Gasteiger partial charge is 0.612 e. The van der Waals surface area contributed by atoms with Gasteiger partial charge in [-0.05, 0) is 56.8 Å². The standard InChI is InChI=1S/C23H26N6OS2/c1-4-29-22(17-7-5-6-8-18(17)27-29)26-23-25-19(13-31-23)16-9-10-20(21(11-16)32(3)30)28-12-15(2)24-14-28/h9-14H,4-8H2,1-3H3,(H,25,26). The van der Waals surface area contributed by atoms with Crippen LogP contribution in [0.25, 0.3) is 16.9 Å². The molecule has 1 atom stereocenters. The van der Waals surface area contributed by atoms with Crippen LogP contribution in [0.4, 0.5) is 10.9 Å². The Hall–Kier alpha value is -2.62. The Labute approximate surface area is 194 Å². The van der Waals surface area contributed by atoms with Gasteiger partial charge in [0.15, 0.2) is 10.0 Å². The summed E-state index contributed by atoms with van der Waals surface area (Å²) in [6.45, 7) is 4.89. The van der Waals surface area contributed by atoms with Gasteiger partial charge < -0.3 is 14.4 Å². The molecule has 166 valence electrons. The number of aryl methyl sites for hydroxylation is 3. The van der Waals surface area contributed by atoms with Crippen molar-refractivity contribution in [2.45, 2.75) is 51.0 Å². The number of thiazole rings is 1. The predicted molar refractivity (Wildman–Crippen MR) is 130 cm³/mol. The summed E-state index contributed by atoms with van der Waals surface area (Å²) in [5.74, 6) is 1.07. The van der Waals surface area contributed by atoms with Gasteiger partial charge in [0.05, 0.1) is 23.4 Å². The maximum atomic E-state index is 12.5. The van der Waals surface area contributed by atoms with Crippen molar-refractivity contribution in [3.63, 3.8) is 0 Å². The van der Waals surface area contributed by atoms with Crippen LogP contribution in [0.5, 0.6) is 0 Å². The Kier molecular flexibility index (Phi) is 5.79. The van der Waals surface area contributed by atoms with Crippen LogP contribution in [-0.2, 0) is 30.6 Å². The third kappa shape index (κ3) is 3.96. The molecular formula is C23H26N6OS2. The van der Waals surface area contributed by atoms with Crippen LogP contribution in [0.3, 0.4) is 0 Å². The quantitative estimate of drug-likeness (QED) is 0.410. The van der Waals surface area contributed by atoms with Crippen LogP contribution < -0.4 is 5.32 Å². The van der Waals surface area contributed by atoms with Gasteiger partial charge in [0.2, 0.25) is 0 Å². The smallest absolute Gasteiger partial charge is 0.188 e. The fourth-order valence-electron chi connectivity index (χ4n) is 4.21. The molecule has 0 bridgehead atoms. The van der Waals surface area contributed by atoms with Gasteiger partial charge in [-0.2, -0.15) is 5.10 Å². The molecule has 0 saturated carbocycles. The fraction of sp³-hybridized carbons (Fsp3) is 0.348. The van der Waals surface area contributed by atoms with Gasteiger partial charge in [0, 0.05) is 35.3 Å². The SMILES string of the molecule is CCn1nc2c(c1Nc1nc(-c3ccc(-n4cnc(C)c4)c([S+](C)[O-])c3)cs1)CCCC2. The molecular weight excluding hydrogens is 440 g/mol. The number of aromatic nitrogens is 5. The van der Waals surface area contributed by atoms with Crippen LogP contribution >= 0.6 is 11.3 Å². The zero-order valence-corrected chi connectivity index (χ0v) is 20.1.